The monoisotopic (exact) mass is 242 g/mol. The normalized spacial score (nSPS) is 10.0. The van der Waals surface area contributed by atoms with Crippen LogP contribution in [0.25, 0.3) is 11.1 Å². The van der Waals surface area contributed by atoms with Gasteiger partial charge in [0.25, 0.3) is 0 Å². The Bertz CT molecular complexity index is 584. The number of aromatic carboxylic acids is 2. The lowest BCUT2D eigenvalue weighted by Crippen LogP contribution is -2.06. The van der Waals surface area contributed by atoms with E-state index in [1.165, 1.54) is 0 Å². The number of carboxylic acids is 2. The van der Waals surface area contributed by atoms with Crippen LogP contribution in [-0.4, -0.2) is 22.2 Å². The Labute approximate surface area is 103 Å². The first-order valence-electron chi connectivity index (χ1n) is 5.25. The van der Waals surface area contributed by atoms with Gasteiger partial charge in [-0.25, -0.2) is 9.59 Å². The molecule has 0 spiro atoms. The standard InChI is InChI=1S/C7H4O2.C7H6O2/c8-7(9)6-3-4-1-2-5(4)6;8-7(9)6-4-2-1-3-5-6/h1-3H,(H,8,9);1-5H,(H,8,9). The average Bonchev–Trinajstić information content (AvgIpc) is 2.34. The quantitative estimate of drug-likeness (QED) is 0.724. The van der Waals surface area contributed by atoms with Crippen LogP contribution in [0.5, 0.6) is 0 Å². The third-order valence-electron chi connectivity index (χ3n) is 2.58. The first-order valence-corrected chi connectivity index (χ1v) is 5.25. The minimum atomic E-state index is -0.879. The van der Waals surface area contributed by atoms with Crippen LogP contribution in [0.1, 0.15) is 20.7 Å². The van der Waals surface area contributed by atoms with Gasteiger partial charge in [0.05, 0.1) is 11.1 Å². The Morgan fingerprint density at radius 1 is 0.833 bits per heavy atom. The highest BCUT2D eigenvalue weighted by Crippen LogP contribution is 2.35. The van der Waals surface area contributed by atoms with Gasteiger partial charge in [0, 0.05) is 0 Å². The van der Waals surface area contributed by atoms with E-state index >= 15 is 0 Å². The van der Waals surface area contributed by atoms with Crippen molar-refractivity contribution in [2.45, 2.75) is 0 Å². The summed E-state index contributed by atoms with van der Waals surface area (Å²) >= 11 is 0. The highest BCUT2D eigenvalue weighted by Gasteiger charge is 2.20. The number of rotatable bonds is 2. The van der Waals surface area contributed by atoms with Crippen LogP contribution in [0.3, 0.4) is 0 Å². The van der Waals surface area contributed by atoms with Gasteiger partial charge in [-0.2, -0.15) is 0 Å². The lowest BCUT2D eigenvalue weighted by molar-refractivity contribution is 0.0686. The molecule has 4 heteroatoms. The van der Waals surface area contributed by atoms with Crippen molar-refractivity contribution >= 4 is 11.9 Å². The van der Waals surface area contributed by atoms with Crippen molar-refractivity contribution in [2.24, 2.45) is 0 Å². The van der Waals surface area contributed by atoms with Crippen molar-refractivity contribution in [1.29, 1.82) is 0 Å². The van der Waals surface area contributed by atoms with E-state index in [2.05, 4.69) is 0 Å². The van der Waals surface area contributed by atoms with Gasteiger partial charge in [-0.3, -0.25) is 0 Å². The van der Waals surface area contributed by atoms with Crippen LogP contribution in [0.15, 0.2) is 48.5 Å². The van der Waals surface area contributed by atoms with E-state index in [4.69, 9.17) is 10.2 Å². The summed E-state index contributed by atoms with van der Waals surface area (Å²) in [5, 5.41) is 16.8. The maximum Gasteiger partial charge on any atom is 0.336 e. The summed E-state index contributed by atoms with van der Waals surface area (Å²) < 4.78 is 0. The van der Waals surface area contributed by atoms with Crippen LogP contribution in [0, 0.1) is 0 Å². The second-order valence-electron chi connectivity index (χ2n) is 3.74. The highest BCUT2D eigenvalue weighted by atomic mass is 16.4. The fourth-order valence-corrected chi connectivity index (χ4v) is 1.55. The molecule has 2 aliphatic rings. The molecule has 0 fully saturated rings. The summed E-state index contributed by atoms with van der Waals surface area (Å²) in [4.78, 5) is 20.4. The molecule has 0 bridgehead atoms. The Kier molecular flexibility index (Phi) is 3.10. The maximum atomic E-state index is 10.2. The minimum absolute atomic E-state index is 0.331. The molecule has 4 nitrogen and oxygen atoms in total. The van der Waals surface area contributed by atoms with Crippen molar-refractivity contribution in [2.75, 3.05) is 0 Å². The minimum Gasteiger partial charge on any atom is -0.478 e. The molecular weight excluding hydrogens is 232 g/mol. The zero-order valence-corrected chi connectivity index (χ0v) is 9.33. The number of fused-ring (bicyclic) bond motifs is 1. The molecule has 2 N–H and O–H groups in total. The summed E-state index contributed by atoms with van der Waals surface area (Å²) in [6.07, 6.45) is 0. The molecule has 90 valence electrons. The van der Waals surface area contributed by atoms with Crippen LogP contribution in [0.2, 0.25) is 0 Å². The van der Waals surface area contributed by atoms with Crippen molar-refractivity contribution in [1.82, 2.24) is 0 Å². The summed E-state index contributed by atoms with van der Waals surface area (Å²) in [6, 6.07) is 13.7. The van der Waals surface area contributed by atoms with Crippen LogP contribution < -0.4 is 0 Å². The van der Waals surface area contributed by atoms with Gasteiger partial charge in [-0.05, 0) is 29.3 Å². The maximum absolute atomic E-state index is 10.2. The van der Waals surface area contributed by atoms with Gasteiger partial charge >= 0.3 is 11.9 Å². The van der Waals surface area contributed by atoms with Gasteiger partial charge in [-0.15, -0.1) is 0 Å². The molecule has 0 atom stereocenters. The summed E-state index contributed by atoms with van der Waals surface area (Å²) in [6.45, 7) is 0. The largest absolute Gasteiger partial charge is 0.478 e. The number of benzene rings is 2. The van der Waals surface area contributed by atoms with E-state index < -0.39 is 11.9 Å². The van der Waals surface area contributed by atoms with E-state index in [1.54, 1.807) is 36.4 Å². The fraction of sp³-hybridized carbons (Fsp3) is 0. The topological polar surface area (TPSA) is 74.6 Å². The second-order valence-corrected chi connectivity index (χ2v) is 3.74. The molecule has 1 aromatic rings. The molecule has 2 aliphatic carbocycles. The van der Waals surface area contributed by atoms with Gasteiger partial charge in [-0.1, -0.05) is 30.3 Å². The van der Waals surface area contributed by atoms with Gasteiger partial charge < -0.3 is 10.2 Å². The molecule has 0 saturated carbocycles. The second kappa shape index (κ2) is 4.71. The number of hydrogen-bond acceptors (Lipinski definition) is 2. The first kappa shape index (κ1) is 11.9. The van der Waals surface area contributed by atoms with Crippen LogP contribution in [-0.2, 0) is 0 Å². The molecular formula is C14H10O4. The van der Waals surface area contributed by atoms with E-state index in [1.807, 2.05) is 12.1 Å². The van der Waals surface area contributed by atoms with E-state index in [0.29, 0.717) is 11.1 Å². The number of carboxylic acid groups (broad SMARTS) is 2. The van der Waals surface area contributed by atoms with E-state index in [0.717, 1.165) is 11.1 Å². The average molecular weight is 242 g/mol. The molecule has 18 heavy (non-hydrogen) atoms. The lowest BCUT2D eigenvalue weighted by atomic mass is 9.87. The summed E-state index contributed by atoms with van der Waals surface area (Å²) in [5.74, 6) is -1.70. The molecule has 0 radical (unpaired) electrons. The molecule has 0 aromatic heterocycles. The Morgan fingerprint density at radius 2 is 1.50 bits per heavy atom. The van der Waals surface area contributed by atoms with Crippen molar-refractivity contribution in [3.05, 3.63) is 59.7 Å². The molecule has 1 aromatic carbocycles. The SMILES string of the molecule is O=C(O)c1cc2ccc1-2.O=C(O)c1ccccc1. The lowest BCUT2D eigenvalue weighted by Gasteiger charge is -2.17. The van der Waals surface area contributed by atoms with Crippen LogP contribution >= 0.6 is 0 Å². The Balaban J connectivity index is 0.000000134. The van der Waals surface area contributed by atoms with Gasteiger partial charge in [0.15, 0.2) is 0 Å². The molecule has 0 unspecified atom stereocenters. The number of carbonyl (C=O) groups is 2. The zero-order valence-electron chi connectivity index (χ0n) is 9.33. The van der Waals surface area contributed by atoms with Gasteiger partial charge in [0.1, 0.15) is 0 Å². The fourth-order valence-electron chi connectivity index (χ4n) is 1.55. The Hall–Kier alpha value is -2.62. The Morgan fingerprint density at radius 3 is 1.72 bits per heavy atom. The zero-order chi connectivity index (χ0) is 13.1. The van der Waals surface area contributed by atoms with E-state index in [9.17, 15) is 9.59 Å². The van der Waals surface area contributed by atoms with E-state index in [-0.39, 0.29) is 0 Å². The predicted octanol–water partition coefficient (Wildman–Crippen LogP) is 2.75. The molecule has 0 saturated heterocycles. The highest BCUT2D eigenvalue weighted by molar-refractivity contribution is 6.03. The van der Waals surface area contributed by atoms with Crippen molar-refractivity contribution in [3.8, 4) is 11.1 Å². The third kappa shape index (κ3) is 2.22. The first-order chi connectivity index (χ1) is 8.59. The van der Waals surface area contributed by atoms with Crippen LogP contribution in [0.4, 0.5) is 0 Å². The summed E-state index contributed by atoms with van der Waals surface area (Å²) in [7, 11) is 0. The van der Waals surface area contributed by atoms with Crippen molar-refractivity contribution < 1.29 is 19.8 Å². The van der Waals surface area contributed by atoms with Crippen molar-refractivity contribution in [3.63, 3.8) is 0 Å². The molecule has 0 heterocycles. The smallest absolute Gasteiger partial charge is 0.336 e. The molecule has 0 amide bonds. The predicted molar refractivity (Wildman–Crippen MR) is 65.8 cm³/mol. The third-order valence-corrected chi connectivity index (χ3v) is 2.58. The summed E-state index contributed by atoms with van der Waals surface area (Å²) in [5.41, 5.74) is 2.76. The number of hydrogen-bond donors (Lipinski definition) is 2. The van der Waals surface area contributed by atoms with Gasteiger partial charge in [0.2, 0.25) is 0 Å². The molecule has 3 rings (SSSR count). The molecule has 0 aliphatic heterocycles.